The summed E-state index contributed by atoms with van der Waals surface area (Å²) in [4.78, 5) is 12.7. The van der Waals surface area contributed by atoms with Crippen LogP contribution in [0.3, 0.4) is 0 Å². The third-order valence-corrected chi connectivity index (χ3v) is 5.76. The summed E-state index contributed by atoms with van der Waals surface area (Å²) in [5.74, 6) is -0.0861. The first kappa shape index (κ1) is 13.6. The quantitative estimate of drug-likeness (QED) is 0.566. The maximum Gasteiger partial charge on any atom is 0.203 e. The minimum atomic E-state index is -0.0861. The highest BCUT2D eigenvalue weighted by atomic mass is 79.9. The van der Waals surface area contributed by atoms with Gasteiger partial charge in [0.15, 0.2) is 0 Å². The lowest BCUT2D eigenvalue weighted by atomic mass is 10.1. The molecule has 0 aliphatic carbocycles. The molecular formula is C11H4Br2Cl2OS. The number of hydrogen-bond acceptors (Lipinski definition) is 2. The fourth-order valence-corrected chi connectivity index (χ4v) is 3.33. The lowest BCUT2D eigenvalue weighted by molar-refractivity contribution is 0.104. The van der Waals surface area contributed by atoms with Gasteiger partial charge in [-0.1, -0.05) is 23.2 Å². The molecule has 0 bridgehead atoms. The zero-order valence-corrected chi connectivity index (χ0v) is 13.6. The molecule has 0 unspecified atom stereocenters. The van der Waals surface area contributed by atoms with E-state index in [1.807, 2.05) is 0 Å². The number of carbonyl (C=O) groups excluding carboxylic acids is 1. The van der Waals surface area contributed by atoms with Crippen molar-refractivity contribution in [1.29, 1.82) is 0 Å². The number of benzene rings is 1. The Morgan fingerprint density at radius 3 is 2.35 bits per heavy atom. The molecule has 0 aliphatic rings. The Bertz CT molecular complexity index is 576. The highest BCUT2D eigenvalue weighted by Crippen LogP contribution is 2.33. The molecule has 0 amide bonds. The summed E-state index contributed by atoms with van der Waals surface area (Å²) in [5, 5.41) is 0.512. The Balaban J connectivity index is 2.40. The van der Waals surface area contributed by atoms with E-state index >= 15 is 0 Å². The maximum absolute atomic E-state index is 12.1. The Hall–Kier alpha value is 0.130. The second-order valence-electron chi connectivity index (χ2n) is 3.19. The molecular weight excluding hydrogens is 411 g/mol. The van der Waals surface area contributed by atoms with Gasteiger partial charge >= 0.3 is 0 Å². The number of ketones is 1. The first-order valence-electron chi connectivity index (χ1n) is 4.43. The number of thiophene rings is 1. The van der Waals surface area contributed by atoms with Crippen molar-refractivity contribution in [2.24, 2.45) is 0 Å². The molecule has 0 saturated heterocycles. The zero-order valence-electron chi connectivity index (χ0n) is 8.14. The van der Waals surface area contributed by atoms with Crippen LogP contribution < -0.4 is 0 Å². The average molecular weight is 415 g/mol. The fourth-order valence-electron chi connectivity index (χ4n) is 1.24. The smallest absolute Gasteiger partial charge is 0.203 e. The van der Waals surface area contributed by atoms with Gasteiger partial charge in [-0.05, 0) is 56.1 Å². The van der Waals surface area contributed by atoms with Crippen LogP contribution in [-0.2, 0) is 0 Å². The summed E-state index contributed by atoms with van der Waals surface area (Å²) < 4.78 is 2.06. The van der Waals surface area contributed by atoms with Crippen molar-refractivity contribution >= 4 is 72.2 Å². The highest BCUT2D eigenvalue weighted by Gasteiger charge is 2.15. The molecule has 0 N–H and O–H groups in total. The first-order chi connectivity index (χ1) is 7.99. The van der Waals surface area contributed by atoms with Crippen LogP contribution in [0.15, 0.2) is 33.2 Å². The molecule has 0 spiro atoms. The van der Waals surface area contributed by atoms with E-state index in [9.17, 15) is 4.79 Å². The summed E-state index contributed by atoms with van der Waals surface area (Å²) >= 11 is 19.7. The third kappa shape index (κ3) is 2.93. The van der Waals surface area contributed by atoms with Crippen molar-refractivity contribution in [3.05, 3.63) is 53.0 Å². The third-order valence-electron chi connectivity index (χ3n) is 2.05. The molecule has 17 heavy (non-hydrogen) atoms. The molecule has 0 saturated carbocycles. The SMILES string of the molecule is O=C(c1ccc(Br)c(Cl)c1)c1cc(Br)c(Cl)s1. The van der Waals surface area contributed by atoms with Crippen molar-refractivity contribution in [2.45, 2.75) is 0 Å². The monoisotopic (exact) mass is 412 g/mol. The van der Waals surface area contributed by atoms with Crippen molar-refractivity contribution in [2.75, 3.05) is 0 Å². The summed E-state index contributed by atoms with van der Waals surface area (Å²) in [5.41, 5.74) is 0.545. The van der Waals surface area contributed by atoms with Gasteiger partial charge in [0, 0.05) is 14.5 Å². The Morgan fingerprint density at radius 2 is 1.82 bits per heavy atom. The van der Waals surface area contributed by atoms with Crippen LogP contribution in [0.5, 0.6) is 0 Å². The minimum absolute atomic E-state index is 0.0861. The lowest BCUT2D eigenvalue weighted by Gasteiger charge is -2.00. The molecule has 2 rings (SSSR count). The summed E-state index contributed by atoms with van der Waals surface area (Å²) in [6.45, 7) is 0. The Labute approximate surface area is 129 Å². The van der Waals surface area contributed by atoms with E-state index in [0.717, 1.165) is 8.95 Å². The molecule has 0 aliphatic heterocycles. The number of rotatable bonds is 2. The van der Waals surface area contributed by atoms with Crippen LogP contribution in [0, 0.1) is 0 Å². The van der Waals surface area contributed by atoms with Gasteiger partial charge in [0.1, 0.15) is 4.34 Å². The molecule has 88 valence electrons. The lowest BCUT2D eigenvalue weighted by Crippen LogP contribution is -1.98. The predicted molar refractivity (Wildman–Crippen MR) is 79.6 cm³/mol. The van der Waals surface area contributed by atoms with E-state index in [-0.39, 0.29) is 5.78 Å². The van der Waals surface area contributed by atoms with Crippen molar-refractivity contribution in [3.63, 3.8) is 0 Å². The van der Waals surface area contributed by atoms with Gasteiger partial charge in [-0.25, -0.2) is 0 Å². The number of carbonyl (C=O) groups is 1. The number of halogens is 4. The molecule has 2 aromatic rings. The van der Waals surface area contributed by atoms with Crippen LogP contribution in [0.1, 0.15) is 15.2 Å². The normalized spacial score (nSPS) is 10.6. The molecule has 6 heteroatoms. The van der Waals surface area contributed by atoms with Crippen LogP contribution >= 0.6 is 66.4 Å². The standard InChI is InChI=1S/C11H4Br2Cl2OS/c12-6-2-1-5(3-8(6)14)10(16)9-4-7(13)11(15)17-9/h1-4H. The van der Waals surface area contributed by atoms with E-state index < -0.39 is 0 Å². The van der Waals surface area contributed by atoms with Gasteiger partial charge in [-0.2, -0.15) is 0 Å². The second kappa shape index (κ2) is 5.41. The van der Waals surface area contributed by atoms with Gasteiger partial charge in [0.2, 0.25) is 5.78 Å². The van der Waals surface area contributed by atoms with E-state index in [2.05, 4.69) is 31.9 Å². The Kier molecular flexibility index (Phi) is 4.31. The minimum Gasteiger partial charge on any atom is -0.288 e. The average Bonchev–Trinajstić information content (AvgIpc) is 2.62. The molecule has 0 atom stereocenters. The van der Waals surface area contributed by atoms with Crippen molar-refractivity contribution in [3.8, 4) is 0 Å². The first-order valence-corrected chi connectivity index (χ1v) is 7.59. The van der Waals surface area contributed by atoms with E-state index in [1.54, 1.807) is 24.3 Å². The van der Waals surface area contributed by atoms with Crippen LogP contribution in [0.25, 0.3) is 0 Å². The maximum atomic E-state index is 12.1. The second-order valence-corrected chi connectivity index (χ2v) is 6.96. The van der Waals surface area contributed by atoms with Crippen molar-refractivity contribution in [1.82, 2.24) is 0 Å². The predicted octanol–water partition coefficient (Wildman–Crippen LogP) is 5.81. The summed E-state index contributed by atoms with van der Waals surface area (Å²) in [7, 11) is 0. The van der Waals surface area contributed by atoms with Gasteiger partial charge < -0.3 is 0 Å². The van der Waals surface area contributed by atoms with Crippen LogP contribution in [0.4, 0.5) is 0 Å². The van der Waals surface area contributed by atoms with Gasteiger partial charge in [-0.3, -0.25) is 4.79 Å². The van der Waals surface area contributed by atoms with Crippen molar-refractivity contribution < 1.29 is 4.79 Å². The largest absolute Gasteiger partial charge is 0.288 e. The topological polar surface area (TPSA) is 17.1 Å². The fraction of sp³-hybridized carbons (Fsp3) is 0. The molecule has 0 fully saturated rings. The summed E-state index contributed by atoms with van der Waals surface area (Å²) in [6.07, 6.45) is 0. The Morgan fingerprint density at radius 1 is 1.12 bits per heavy atom. The van der Waals surface area contributed by atoms with Crippen LogP contribution in [-0.4, -0.2) is 5.78 Å². The van der Waals surface area contributed by atoms with E-state index in [1.165, 1.54) is 11.3 Å². The number of hydrogen-bond donors (Lipinski definition) is 0. The molecule has 1 nitrogen and oxygen atoms in total. The molecule has 1 aromatic carbocycles. The molecule has 1 heterocycles. The van der Waals surface area contributed by atoms with Crippen LogP contribution in [0.2, 0.25) is 9.36 Å². The van der Waals surface area contributed by atoms with Gasteiger partial charge in [0.25, 0.3) is 0 Å². The summed E-state index contributed by atoms with van der Waals surface area (Å²) in [6, 6.07) is 6.82. The van der Waals surface area contributed by atoms with Gasteiger partial charge in [0.05, 0.1) is 9.90 Å². The molecule has 0 radical (unpaired) electrons. The van der Waals surface area contributed by atoms with E-state index in [0.29, 0.717) is 19.8 Å². The van der Waals surface area contributed by atoms with E-state index in [4.69, 9.17) is 23.2 Å². The molecule has 1 aromatic heterocycles. The zero-order chi connectivity index (χ0) is 12.6. The van der Waals surface area contributed by atoms with Gasteiger partial charge in [-0.15, -0.1) is 11.3 Å². The highest BCUT2D eigenvalue weighted by molar-refractivity contribution is 9.11.